The second kappa shape index (κ2) is 3.56. The molecule has 0 bridgehead atoms. The van der Waals surface area contributed by atoms with Crippen LogP contribution in [0, 0.1) is 5.92 Å². The molecule has 1 aliphatic heterocycles. The lowest BCUT2D eigenvalue weighted by atomic mass is 9.95. The number of likely N-dealkylation sites (tertiary alicyclic amines) is 1. The van der Waals surface area contributed by atoms with Crippen LogP contribution in [-0.4, -0.2) is 29.8 Å². The van der Waals surface area contributed by atoms with Crippen molar-refractivity contribution in [3.63, 3.8) is 0 Å². The molecule has 2 N–H and O–H groups in total. The molecule has 0 spiro atoms. The molecule has 0 aromatic carbocycles. The molecular weight excluding hydrogens is 156 g/mol. The van der Waals surface area contributed by atoms with Crippen LogP contribution in [0.4, 0.5) is 4.79 Å². The van der Waals surface area contributed by atoms with Gasteiger partial charge < -0.3 is 15.4 Å². The van der Waals surface area contributed by atoms with Crippen LogP contribution in [0.2, 0.25) is 0 Å². The monoisotopic (exact) mass is 170 g/mol. The lowest BCUT2D eigenvalue weighted by molar-refractivity contribution is -0.112. The number of primary amides is 1. The molecule has 4 heteroatoms. The average molecular weight is 170 g/mol. The maximum atomic E-state index is 10.9. The Morgan fingerprint density at radius 2 is 2.25 bits per heavy atom. The maximum absolute atomic E-state index is 10.9. The summed E-state index contributed by atoms with van der Waals surface area (Å²) in [7, 11) is 0. The van der Waals surface area contributed by atoms with Crippen LogP contribution < -0.4 is 5.73 Å². The van der Waals surface area contributed by atoms with E-state index in [4.69, 9.17) is 5.73 Å². The summed E-state index contributed by atoms with van der Waals surface area (Å²) >= 11 is 0. The van der Waals surface area contributed by atoms with E-state index in [2.05, 4.69) is 6.92 Å². The first kappa shape index (κ1) is 9.03. The Morgan fingerprint density at radius 1 is 1.58 bits per heavy atom. The SMILES string of the molecule is CC1CCC(C=O)N(C(N)=O)C1. The molecule has 0 saturated carbocycles. The minimum atomic E-state index is -0.487. The number of piperidine rings is 1. The predicted octanol–water partition coefficient (Wildman–Crippen LogP) is 0.365. The van der Waals surface area contributed by atoms with Crippen LogP contribution in [0.25, 0.3) is 0 Å². The first-order valence-electron chi connectivity index (χ1n) is 4.16. The van der Waals surface area contributed by atoms with E-state index in [1.165, 1.54) is 4.90 Å². The highest BCUT2D eigenvalue weighted by Gasteiger charge is 2.27. The molecule has 2 atom stereocenters. The number of hydrogen-bond acceptors (Lipinski definition) is 2. The van der Waals surface area contributed by atoms with Crippen molar-refractivity contribution in [1.29, 1.82) is 0 Å². The molecule has 1 heterocycles. The van der Waals surface area contributed by atoms with E-state index in [1.54, 1.807) is 0 Å². The van der Waals surface area contributed by atoms with Crippen molar-refractivity contribution in [1.82, 2.24) is 4.90 Å². The standard InChI is InChI=1S/C8H14N2O2/c1-6-2-3-7(5-11)10(4-6)8(9)12/h5-7H,2-4H2,1H3,(H2,9,12). The predicted molar refractivity (Wildman–Crippen MR) is 44.5 cm³/mol. The summed E-state index contributed by atoms with van der Waals surface area (Å²) in [4.78, 5) is 22.8. The first-order valence-corrected chi connectivity index (χ1v) is 4.16. The quantitative estimate of drug-likeness (QED) is 0.578. The van der Waals surface area contributed by atoms with Gasteiger partial charge in [0.2, 0.25) is 0 Å². The summed E-state index contributed by atoms with van der Waals surface area (Å²) in [6.45, 7) is 2.66. The molecule has 1 aliphatic rings. The van der Waals surface area contributed by atoms with E-state index in [9.17, 15) is 9.59 Å². The fourth-order valence-corrected chi connectivity index (χ4v) is 1.57. The van der Waals surface area contributed by atoms with Crippen LogP contribution in [0.5, 0.6) is 0 Å². The number of aldehydes is 1. The van der Waals surface area contributed by atoms with Gasteiger partial charge in [-0.2, -0.15) is 0 Å². The van der Waals surface area contributed by atoms with Gasteiger partial charge in [-0.25, -0.2) is 4.79 Å². The number of nitrogens with zero attached hydrogens (tertiary/aromatic N) is 1. The Kier molecular flexibility index (Phi) is 2.68. The number of rotatable bonds is 1. The van der Waals surface area contributed by atoms with Crippen molar-refractivity contribution in [2.45, 2.75) is 25.8 Å². The van der Waals surface area contributed by atoms with E-state index >= 15 is 0 Å². The summed E-state index contributed by atoms with van der Waals surface area (Å²) in [5, 5.41) is 0. The number of urea groups is 1. The molecule has 4 nitrogen and oxygen atoms in total. The normalized spacial score (nSPS) is 29.9. The van der Waals surface area contributed by atoms with Gasteiger partial charge in [-0.05, 0) is 18.8 Å². The molecule has 1 rings (SSSR count). The Morgan fingerprint density at radius 3 is 2.75 bits per heavy atom. The molecule has 0 aromatic rings. The Labute approximate surface area is 71.7 Å². The van der Waals surface area contributed by atoms with E-state index < -0.39 is 6.03 Å². The summed E-state index contributed by atoms with van der Waals surface area (Å²) in [5.41, 5.74) is 5.12. The highest BCUT2D eigenvalue weighted by molar-refractivity contribution is 5.76. The third-order valence-electron chi connectivity index (χ3n) is 2.30. The zero-order valence-electron chi connectivity index (χ0n) is 7.19. The average Bonchev–Trinajstić information content (AvgIpc) is 2.04. The van der Waals surface area contributed by atoms with Crippen LogP contribution in [-0.2, 0) is 4.79 Å². The topological polar surface area (TPSA) is 63.4 Å². The largest absolute Gasteiger partial charge is 0.351 e. The van der Waals surface area contributed by atoms with E-state index in [0.29, 0.717) is 12.5 Å². The maximum Gasteiger partial charge on any atom is 0.315 e. The number of hydrogen-bond donors (Lipinski definition) is 1. The zero-order chi connectivity index (χ0) is 9.14. The van der Waals surface area contributed by atoms with E-state index in [1.807, 2.05) is 0 Å². The molecule has 0 aliphatic carbocycles. The van der Waals surface area contributed by atoms with Crippen molar-refractivity contribution >= 4 is 12.3 Å². The highest BCUT2D eigenvalue weighted by Crippen LogP contribution is 2.19. The van der Waals surface area contributed by atoms with Crippen molar-refractivity contribution in [2.24, 2.45) is 11.7 Å². The van der Waals surface area contributed by atoms with Crippen LogP contribution in [0.3, 0.4) is 0 Å². The van der Waals surface area contributed by atoms with Crippen molar-refractivity contribution in [3.8, 4) is 0 Å². The molecule has 12 heavy (non-hydrogen) atoms. The molecule has 2 amide bonds. The van der Waals surface area contributed by atoms with E-state index in [0.717, 1.165) is 19.1 Å². The first-order chi connectivity index (χ1) is 5.65. The second-order valence-corrected chi connectivity index (χ2v) is 3.38. The molecule has 68 valence electrons. The Hall–Kier alpha value is -1.06. The van der Waals surface area contributed by atoms with Gasteiger partial charge >= 0.3 is 6.03 Å². The molecule has 1 saturated heterocycles. The summed E-state index contributed by atoms with van der Waals surface area (Å²) in [6, 6.07) is -0.780. The summed E-state index contributed by atoms with van der Waals surface area (Å²) in [5.74, 6) is 0.452. The van der Waals surface area contributed by atoms with Gasteiger partial charge in [0, 0.05) is 6.54 Å². The van der Waals surface area contributed by atoms with Gasteiger partial charge in [-0.1, -0.05) is 6.92 Å². The Balaban J connectivity index is 2.63. The van der Waals surface area contributed by atoms with Gasteiger partial charge in [0.25, 0.3) is 0 Å². The minimum Gasteiger partial charge on any atom is -0.351 e. The van der Waals surface area contributed by atoms with E-state index in [-0.39, 0.29) is 6.04 Å². The second-order valence-electron chi connectivity index (χ2n) is 3.38. The van der Waals surface area contributed by atoms with Crippen LogP contribution in [0.15, 0.2) is 0 Å². The lowest BCUT2D eigenvalue weighted by Crippen LogP contribution is -2.49. The van der Waals surface area contributed by atoms with Gasteiger partial charge in [-0.3, -0.25) is 0 Å². The lowest BCUT2D eigenvalue weighted by Gasteiger charge is -2.34. The fraction of sp³-hybridized carbons (Fsp3) is 0.750. The van der Waals surface area contributed by atoms with Crippen LogP contribution in [0.1, 0.15) is 19.8 Å². The van der Waals surface area contributed by atoms with Gasteiger partial charge in [-0.15, -0.1) is 0 Å². The van der Waals surface area contributed by atoms with Gasteiger partial charge in [0.05, 0.1) is 6.04 Å². The van der Waals surface area contributed by atoms with Crippen molar-refractivity contribution in [2.75, 3.05) is 6.54 Å². The molecule has 1 fully saturated rings. The third kappa shape index (κ3) is 1.75. The summed E-state index contributed by atoms with van der Waals surface area (Å²) < 4.78 is 0. The van der Waals surface area contributed by atoms with Crippen molar-refractivity contribution in [3.05, 3.63) is 0 Å². The number of carbonyl (C=O) groups excluding carboxylic acids is 2. The zero-order valence-corrected chi connectivity index (χ0v) is 7.19. The molecule has 0 aromatic heterocycles. The number of amides is 2. The molecular formula is C8H14N2O2. The molecule has 0 radical (unpaired) electrons. The van der Waals surface area contributed by atoms with Crippen LogP contribution >= 0.6 is 0 Å². The Bertz CT molecular complexity index is 193. The third-order valence-corrected chi connectivity index (χ3v) is 2.30. The number of carbonyl (C=O) groups is 2. The number of nitrogens with two attached hydrogens (primary N) is 1. The summed E-state index contributed by atoms with van der Waals surface area (Å²) in [6.07, 6.45) is 2.54. The van der Waals surface area contributed by atoms with Gasteiger partial charge in [0.15, 0.2) is 0 Å². The molecule has 2 unspecified atom stereocenters. The fourth-order valence-electron chi connectivity index (χ4n) is 1.57. The smallest absolute Gasteiger partial charge is 0.315 e. The highest BCUT2D eigenvalue weighted by atomic mass is 16.2. The minimum absolute atomic E-state index is 0.293. The van der Waals surface area contributed by atoms with Gasteiger partial charge in [0.1, 0.15) is 6.29 Å². The van der Waals surface area contributed by atoms with Crippen molar-refractivity contribution < 1.29 is 9.59 Å².